The van der Waals surface area contributed by atoms with Gasteiger partial charge in [0.25, 0.3) is 0 Å². The van der Waals surface area contributed by atoms with Gasteiger partial charge in [-0.3, -0.25) is 0 Å². The van der Waals surface area contributed by atoms with Crippen molar-refractivity contribution in [1.82, 2.24) is 4.98 Å². The van der Waals surface area contributed by atoms with Crippen LogP contribution in [-0.4, -0.2) is 19.2 Å². The van der Waals surface area contributed by atoms with Crippen LogP contribution in [0.1, 0.15) is 0 Å². The molecule has 2 rings (SSSR count). The van der Waals surface area contributed by atoms with Gasteiger partial charge in [-0.1, -0.05) is 6.07 Å². The third-order valence-electron chi connectivity index (χ3n) is 2.29. The van der Waals surface area contributed by atoms with Gasteiger partial charge in [0.2, 0.25) is 0 Å². The van der Waals surface area contributed by atoms with Crippen molar-refractivity contribution in [3.63, 3.8) is 0 Å². The summed E-state index contributed by atoms with van der Waals surface area (Å²) in [5, 5.41) is 3.18. The van der Waals surface area contributed by atoms with E-state index in [4.69, 9.17) is 9.47 Å². The second kappa shape index (κ2) is 5.21. The van der Waals surface area contributed by atoms with E-state index in [1.54, 1.807) is 20.4 Å². The van der Waals surface area contributed by atoms with E-state index in [0.717, 1.165) is 23.0 Å². The molecule has 2 aromatic rings. The number of hydrogen-bond donors (Lipinski definition) is 1. The number of anilines is 2. The predicted molar refractivity (Wildman–Crippen MR) is 67.1 cm³/mol. The predicted octanol–water partition coefficient (Wildman–Crippen LogP) is 2.84. The van der Waals surface area contributed by atoms with E-state index < -0.39 is 0 Å². The van der Waals surface area contributed by atoms with Gasteiger partial charge in [0, 0.05) is 30.1 Å². The number of benzene rings is 1. The van der Waals surface area contributed by atoms with Crippen LogP contribution in [0.15, 0.2) is 42.6 Å². The maximum absolute atomic E-state index is 5.19. The van der Waals surface area contributed by atoms with E-state index in [-0.39, 0.29) is 0 Å². The van der Waals surface area contributed by atoms with Gasteiger partial charge in [0.05, 0.1) is 14.2 Å². The second-order valence-corrected chi connectivity index (χ2v) is 3.44. The Kier molecular flexibility index (Phi) is 3.45. The van der Waals surface area contributed by atoms with Gasteiger partial charge in [-0.15, -0.1) is 0 Å². The third kappa shape index (κ3) is 2.87. The Morgan fingerprint density at radius 1 is 1.00 bits per heavy atom. The van der Waals surface area contributed by atoms with Gasteiger partial charge in [-0.2, -0.15) is 0 Å². The SMILES string of the molecule is COc1cc(Nc2ccccn2)cc(OC)c1. The molecular formula is C13H14N2O2. The van der Waals surface area contributed by atoms with E-state index in [0.29, 0.717) is 0 Å². The Bertz CT molecular complexity index is 464. The van der Waals surface area contributed by atoms with Crippen molar-refractivity contribution in [1.29, 1.82) is 0 Å². The molecule has 0 bridgehead atoms. The molecule has 1 heterocycles. The van der Waals surface area contributed by atoms with Crippen molar-refractivity contribution in [2.24, 2.45) is 0 Å². The molecule has 1 N–H and O–H groups in total. The van der Waals surface area contributed by atoms with Crippen LogP contribution in [0.3, 0.4) is 0 Å². The normalized spacial score (nSPS) is 9.76. The van der Waals surface area contributed by atoms with E-state index in [1.807, 2.05) is 36.4 Å². The van der Waals surface area contributed by atoms with Crippen LogP contribution in [0.2, 0.25) is 0 Å². The average molecular weight is 230 g/mol. The first-order valence-electron chi connectivity index (χ1n) is 5.23. The minimum atomic E-state index is 0.739. The van der Waals surface area contributed by atoms with Crippen LogP contribution in [0.25, 0.3) is 0 Å². The lowest BCUT2D eigenvalue weighted by atomic mass is 10.2. The highest BCUT2D eigenvalue weighted by Crippen LogP contribution is 2.27. The molecule has 1 aromatic heterocycles. The van der Waals surface area contributed by atoms with Crippen molar-refractivity contribution in [2.45, 2.75) is 0 Å². The quantitative estimate of drug-likeness (QED) is 0.877. The maximum Gasteiger partial charge on any atom is 0.130 e. The Balaban J connectivity index is 2.26. The Morgan fingerprint density at radius 2 is 1.71 bits per heavy atom. The molecule has 0 aliphatic rings. The molecule has 88 valence electrons. The lowest BCUT2D eigenvalue weighted by Crippen LogP contribution is -1.95. The molecule has 0 radical (unpaired) electrons. The number of nitrogens with one attached hydrogen (secondary N) is 1. The van der Waals surface area contributed by atoms with Gasteiger partial charge in [0.1, 0.15) is 17.3 Å². The average Bonchev–Trinajstić information content (AvgIpc) is 2.39. The molecule has 0 atom stereocenters. The fraction of sp³-hybridized carbons (Fsp3) is 0.154. The lowest BCUT2D eigenvalue weighted by molar-refractivity contribution is 0.395. The van der Waals surface area contributed by atoms with E-state index >= 15 is 0 Å². The van der Waals surface area contributed by atoms with E-state index in [9.17, 15) is 0 Å². The Labute approximate surface area is 100 Å². The van der Waals surface area contributed by atoms with E-state index in [1.165, 1.54) is 0 Å². The molecule has 0 unspecified atom stereocenters. The van der Waals surface area contributed by atoms with Crippen LogP contribution >= 0.6 is 0 Å². The molecule has 0 aliphatic heterocycles. The number of methoxy groups -OCH3 is 2. The second-order valence-electron chi connectivity index (χ2n) is 3.44. The number of ether oxygens (including phenoxy) is 2. The van der Waals surface area contributed by atoms with Crippen LogP contribution in [0.4, 0.5) is 11.5 Å². The summed E-state index contributed by atoms with van der Waals surface area (Å²) in [7, 11) is 3.25. The highest BCUT2D eigenvalue weighted by Gasteiger charge is 2.02. The van der Waals surface area contributed by atoms with Gasteiger partial charge >= 0.3 is 0 Å². The van der Waals surface area contributed by atoms with Crippen LogP contribution in [0.5, 0.6) is 11.5 Å². The molecule has 0 spiro atoms. The van der Waals surface area contributed by atoms with Crippen molar-refractivity contribution in [2.75, 3.05) is 19.5 Å². The summed E-state index contributed by atoms with van der Waals surface area (Å²) in [6.45, 7) is 0. The number of nitrogens with zero attached hydrogens (tertiary/aromatic N) is 1. The van der Waals surface area contributed by atoms with Crippen molar-refractivity contribution < 1.29 is 9.47 Å². The zero-order valence-corrected chi connectivity index (χ0v) is 9.81. The molecule has 4 heteroatoms. The molecule has 17 heavy (non-hydrogen) atoms. The minimum absolute atomic E-state index is 0.739. The van der Waals surface area contributed by atoms with Gasteiger partial charge < -0.3 is 14.8 Å². The monoisotopic (exact) mass is 230 g/mol. The number of rotatable bonds is 4. The Hall–Kier alpha value is -2.23. The first-order valence-corrected chi connectivity index (χ1v) is 5.23. The zero-order valence-electron chi connectivity index (χ0n) is 9.81. The maximum atomic E-state index is 5.19. The summed E-state index contributed by atoms with van der Waals surface area (Å²) >= 11 is 0. The molecule has 0 aliphatic carbocycles. The van der Waals surface area contributed by atoms with Crippen molar-refractivity contribution >= 4 is 11.5 Å². The minimum Gasteiger partial charge on any atom is -0.497 e. The highest BCUT2D eigenvalue weighted by atomic mass is 16.5. The first kappa shape index (κ1) is 11.3. The smallest absolute Gasteiger partial charge is 0.130 e. The summed E-state index contributed by atoms with van der Waals surface area (Å²) in [6, 6.07) is 11.3. The van der Waals surface area contributed by atoms with Crippen molar-refractivity contribution in [3.8, 4) is 11.5 Å². The van der Waals surface area contributed by atoms with Crippen LogP contribution in [-0.2, 0) is 0 Å². The van der Waals surface area contributed by atoms with Crippen molar-refractivity contribution in [3.05, 3.63) is 42.6 Å². The lowest BCUT2D eigenvalue weighted by Gasteiger charge is -2.09. The molecule has 4 nitrogen and oxygen atoms in total. The number of aromatic nitrogens is 1. The number of hydrogen-bond acceptors (Lipinski definition) is 4. The largest absolute Gasteiger partial charge is 0.497 e. The standard InChI is InChI=1S/C13H14N2O2/c1-16-11-7-10(8-12(9-11)17-2)15-13-5-3-4-6-14-13/h3-9H,1-2H3,(H,14,15). The molecule has 0 saturated carbocycles. The Morgan fingerprint density at radius 3 is 2.24 bits per heavy atom. The highest BCUT2D eigenvalue weighted by molar-refractivity contribution is 5.61. The first-order chi connectivity index (χ1) is 8.31. The summed E-state index contributed by atoms with van der Waals surface area (Å²) in [5.41, 5.74) is 0.875. The molecule has 1 aromatic carbocycles. The summed E-state index contributed by atoms with van der Waals surface area (Å²) in [4.78, 5) is 4.19. The zero-order chi connectivity index (χ0) is 12.1. The van der Waals surface area contributed by atoms with Gasteiger partial charge in [-0.25, -0.2) is 4.98 Å². The molecule has 0 saturated heterocycles. The third-order valence-corrected chi connectivity index (χ3v) is 2.29. The fourth-order valence-corrected chi connectivity index (χ4v) is 1.46. The van der Waals surface area contributed by atoms with Crippen LogP contribution in [0, 0.1) is 0 Å². The van der Waals surface area contributed by atoms with E-state index in [2.05, 4.69) is 10.3 Å². The summed E-state index contributed by atoms with van der Waals surface area (Å²) in [5.74, 6) is 2.26. The summed E-state index contributed by atoms with van der Waals surface area (Å²) < 4.78 is 10.4. The number of pyridine rings is 1. The van der Waals surface area contributed by atoms with Crippen LogP contribution < -0.4 is 14.8 Å². The topological polar surface area (TPSA) is 43.4 Å². The molecular weight excluding hydrogens is 216 g/mol. The van der Waals surface area contributed by atoms with Gasteiger partial charge in [0.15, 0.2) is 0 Å². The molecule has 0 fully saturated rings. The van der Waals surface area contributed by atoms with Gasteiger partial charge in [-0.05, 0) is 12.1 Å². The molecule has 0 amide bonds. The summed E-state index contributed by atoms with van der Waals surface area (Å²) in [6.07, 6.45) is 1.74. The fourth-order valence-electron chi connectivity index (χ4n) is 1.46.